The average Bonchev–Trinajstić information content (AvgIpc) is 2.59. The van der Waals surface area contributed by atoms with E-state index >= 15 is 0 Å². The third-order valence-corrected chi connectivity index (χ3v) is 4.61. The Morgan fingerprint density at radius 2 is 1.96 bits per heavy atom. The number of aromatic nitrogens is 3. The molecule has 3 aromatic rings. The zero-order valence-electron chi connectivity index (χ0n) is 13.2. The van der Waals surface area contributed by atoms with Crippen LogP contribution >= 0.6 is 0 Å². The number of fused-ring (bicyclic) bond motifs is 1. The van der Waals surface area contributed by atoms with E-state index in [1.54, 1.807) is 37.6 Å². The van der Waals surface area contributed by atoms with Crippen LogP contribution in [0.3, 0.4) is 0 Å². The fourth-order valence-corrected chi connectivity index (χ4v) is 2.88. The first-order valence-electron chi connectivity index (χ1n) is 7.15. The summed E-state index contributed by atoms with van der Waals surface area (Å²) in [5, 5.41) is 3.85. The second kappa shape index (κ2) is 6.40. The van der Waals surface area contributed by atoms with Crippen LogP contribution in [0, 0.1) is 0 Å². The fourth-order valence-electron chi connectivity index (χ4n) is 2.23. The maximum atomic E-state index is 11.7. The summed E-state index contributed by atoms with van der Waals surface area (Å²) in [7, 11) is -1.73. The molecular formula is C16H16N4O3S. The minimum Gasteiger partial charge on any atom is -0.481 e. The number of sulfone groups is 1. The van der Waals surface area contributed by atoms with Gasteiger partial charge in [-0.05, 0) is 23.8 Å². The predicted molar refractivity (Wildman–Crippen MR) is 90.8 cm³/mol. The molecule has 2 heterocycles. The molecule has 0 saturated heterocycles. The highest BCUT2D eigenvalue weighted by Crippen LogP contribution is 2.23. The summed E-state index contributed by atoms with van der Waals surface area (Å²) >= 11 is 0. The number of nitrogens with zero attached hydrogens (tertiary/aromatic N) is 3. The van der Waals surface area contributed by atoms with Gasteiger partial charge in [-0.15, -0.1) is 0 Å². The molecule has 0 atom stereocenters. The number of hydrogen-bond donors (Lipinski definition) is 1. The number of ether oxygens (including phenoxy) is 1. The minimum absolute atomic E-state index is 0.235. The molecule has 0 amide bonds. The molecular weight excluding hydrogens is 328 g/mol. The molecule has 24 heavy (non-hydrogen) atoms. The van der Waals surface area contributed by atoms with Gasteiger partial charge in [0.15, 0.2) is 9.84 Å². The van der Waals surface area contributed by atoms with Gasteiger partial charge in [0.2, 0.25) is 5.88 Å². The molecule has 7 nitrogen and oxygen atoms in total. The molecule has 2 aromatic heterocycles. The molecule has 0 aliphatic rings. The van der Waals surface area contributed by atoms with Crippen LogP contribution in [0.1, 0.15) is 5.56 Å². The Kier molecular flexibility index (Phi) is 4.30. The summed E-state index contributed by atoms with van der Waals surface area (Å²) in [6.45, 7) is 0.492. The molecule has 0 saturated carbocycles. The molecule has 0 fully saturated rings. The van der Waals surface area contributed by atoms with E-state index in [9.17, 15) is 8.42 Å². The average molecular weight is 344 g/mol. The molecule has 0 aliphatic carbocycles. The van der Waals surface area contributed by atoms with Crippen molar-refractivity contribution in [1.29, 1.82) is 0 Å². The Balaban J connectivity index is 1.90. The third kappa shape index (κ3) is 3.43. The highest BCUT2D eigenvalue weighted by molar-refractivity contribution is 7.90. The summed E-state index contributed by atoms with van der Waals surface area (Å²) < 4.78 is 28.5. The van der Waals surface area contributed by atoms with Gasteiger partial charge in [0, 0.05) is 30.4 Å². The normalized spacial score (nSPS) is 11.4. The molecule has 0 unspecified atom stereocenters. The first kappa shape index (κ1) is 16.1. The largest absolute Gasteiger partial charge is 0.481 e. The van der Waals surface area contributed by atoms with Crippen LogP contribution in [0.25, 0.3) is 10.9 Å². The number of pyridine rings is 1. The van der Waals surface area contributed by atoms with Gasteiger partial charge >= 0.3 is 0 Å². The minimum atomic E-state index is -3.29. The van der Waals surface area contributed by atoms with Crippen molar-refractivity contribution in [3.8, 4) is 5.88 Å². The van der Waals surface area contributed by atoms with Crippen molar-refractivity contribution in [3.63, 3.8) is 0 Å². The van der Waals surface area contributed by atoms with E-state index in [1.165, 1.54) is 12.6 Å². The van der Waals surface area contributed by atoms with Crippen LogP contribution in [0.4, 0.5) is 5.82 Å². The van der Waals surface area contributed by atoms with Gasteiger partial charge in [0.1, 0.15) is 12.1 Å². The van der Waals surface area contributed by atoms with Crippen molar-refractivity contribution < 1.29 is 13.2 Å². The van der Waals surface area contributed by atoms with Gasteiger partial charge in [-0.2, -0.15) is 0 Å². The Labute approximate surface area is 139 Å². The van der Waals surface area contributed by atoms with E-state index in [4.69, 9.17) is 4.74 Å². The monoisotopic (exact) mass is 344 g/mol. The molecule has 0 aliphatic heterocycles. The van der Waals surface area contributed by atoms with E-state index in [-0.39, 0.29) is 4.90 Å². The Morgan fingerprint density at radius 3 is 2.62 bits per heavy atom. The van der Waals surface area contributed by atoms with Gasteiger partial charge in [-0.1, -0.05) is 6.07 Å². The number of anilines is 1. The second-order valence-electron chi connectivity index (χ2n) is 5.24. The lowest BCUT2D eigenvalue weighted by atomic mass is 10.2. The van der Waals surface area contributed by atoms with Crippen LogP contribution in [0.2, 0.25) is 0 Å². The zero-order valence-corrected chi connectivity index (χ0v) is 14.0. The number of hydrogen-bond acceptors (Lipinski definition) is 7. The summed E-state index contributed by atoms with van der Waals surface area (Å²) in [4.78, 5) is 12.8. The van der Waals surface area contributed by atoms with Crippen LogP contribution < -0.4 is 10.1 Å². The van der Waals surface area contributed by atoms with E-state index in [1.807, 2.05) is 6.07 Å². The van der Waals surface area contributed by atoms with Gasteiger partial charge in [0.25, 0.3) is 0 Å². The molecule has 0 radical (unpaired) electrons. The summed E-state index contributed by atoms with van der Waals surface area (Å²) in [5.41, 5.74) is 1.62. The summed E-state index contributed by atoms with van der Waals surface area (Å²) in [5.74, 6) is 1.12. The maximum absolute atomic E-state index is 11.7. The van der Waals surface area contributed by atoms with Gasteiger partial charge < -0.3 is 10.1 Å². The quantitative estimate of drug-likeness (QED) is 0.757. The number of nitrogens with one attached hydrogen (secondary N) is 1. The number of benzene rings is 1. The standard InChI is InChI=1S/C16H16N4O3S/c1-23-15-6-3-11(8-17-15)9-18-16-13-7-12(24(2,21)22)4-5-14(13)19-10-20-16/h3-8,10H,9H2,1-2H3,(H,18,19,20). The smallest absolute Gasteiger partial charge is 0.212 e. The van der Waals surface area contributed by atoms with Gasteiger partial charge in [-0.3, -0.25) is 0 Å². The molecule has 0 bridgehead atoms. The highest BCUT2D eigenvalue weighted by atomic mass is 32.2. The first-order valence-corrected chi connectivity index (χ1v) is 9.04. The Morgan fingerprint density at radius 1 is 1.12 bits per heavy atom. The van der Waals surface area contributed by atoms with Crippen LogP contribution in [-0.4, -0.2) is 36.7 Å². The van der Waals surface area contributed by atoms with Gasteiger partial charge in [-0.25, -0.2) is 23.4 Å². The third-order valence-electron chi connectivity index (χ3n) is 3.50. The molecule has 8 heteroatoms. The van der Waals surface area contributed by atoms with Crippen LogP contribution in [0.5, 0.6) is 5.88 Å². The SMILES string of the molecule is COc1ccc(CNc2ncnc3ccc(S(C)(=O)=O)cc23)cn1. The van der Waals surface area contributed by atoms with E-state index in [0.29, 0.717) is 29.1 Å². The van der Waals surface area contributed by atoms with Crippen LogP contribution in [0.15, 0.2) is 47.8 Å². The number of methoxy groups -OCH3 is 1. The van der Waals surface area contributed by atoms with Gasteiger partial charge in [0.05, 0.1) is 17.5 Å². The van der Waals surface area contributed by atoms with Crippen molar-refractivity contribution in [1.82, 2.24) is 15.0 Å². The maximum Gasteiger partial charge on any atom is 0.212 e. The van der Waals surface area contributed by atoms with E-state index in [2.05, 4.69) is 20.3 Å². The number of rotatable bonds is 5. The molecule has 0 spiro atoms. The molecule has 3 rings (SSSR count). The molecule has 124 valence electrons. The van der Waals surface area contributed by atoms with Crippen molar-refractivity contribution in [2.75, 3.05) is 18.7 Å². The first-order chi connectivity index (χ1) is 11.5. The van der Waals surface area contributed by atoms with Crippen LogP contribution in [-0.2, 0) is 16.4 Å². The highest BCUT2D eigenvalue weighted by Gasteiger charge is 2.11. The van der Waals surface area contributed by atoms with E-state index in [0.717, 1.165) is 5.56 Å². The topological polar surface area (TPSA) is 94.1 Å². The zero-order chi connectivity index (χ0) is 17.2. The second-order valence-corrected chi connectivity index (χ2v) is 7.25. The lowest BCUT2D eigenvalue weighted by Crippen LogP contribution is -2.04. The predicted octanol–water partition coefficient (Wildman–Crippen LogP) is 2.05. The van der Waals surface area contributed by atoms with Crippen molar-refractivity contribution in [3.05, 3.63) is 48.4 Å². The molecule has 1 aromatic carbocycles. The van der Waals surface area contributed by atoms with Crippen molar-refractivity contribution in [2.24, 2.45) is 0 Å². The fraction of sp³-hybridized carbons (Fsp3) is 0.188. The summed E-state index contributed by atoms with van der Waals surface area (Å²) in [6, 6.07) is 8.47. The lowest BCUT2D eigenvalue weighted by Gasteiger charge is -2.09. The summed E-state index contributed by atoms with van der Waals surface area (Å²) in [6.07, 6.45) is 4.32. The van der Waals surface area contributed by atoms with Crippen molar-refractivity contribution >= 4 is 26.6 Å². The Bertz CT molecular complexity index is 972. The van der Waals surface area contributed by atoms with E-state index < -0.39 is 9.84 Å². The van der Waals surface area contributed by atoms with Crippen molar-refractivity contribution in [2.45, 2.75) is 11.4 Å². The molecule has 1 N–H and O–H groups in total. The lowest BCUT2D eigenvalue weighted by molar-refractivity contribution is 0.397. The Hall–Kier alpha value is -2.74.